The Hall–Kier alpha value is -2.43. The lowest BCUT2D eigenvalue weighted by molar-refractivity contribution is -0.126. The molecule has 0 spiro atoms. The predicted octanol–water partition coefficient (Wildman–Crippen LogP) is 3.57. The van der Waals surface area contributed by atoms with E-state index in [9.17, 15) is 4.79 Å². The largest absolute Gasteiger partial charge is 0.353 e. The predicted molar refractivity (Wildman–Crippen MR) is 109 cm³/mol. The van der Waals surface area contributed by atoms with Gasteiger partial charge in [0.2, 0.25) is 11.9 Å². The standard InChI is InChI=1S/C22H30N4O/c1-17(16-22(2,3)19-8-5-4-6-9-19)25-20(27)18-10-14-26(15-11-18)21-23-12-7-13-24-21/h4-9,12-13,17-18H,10-11,14-16H2,1-3H3,(H,25,27). The van der Waals surface area contributed by atoms with E-state index in [2.05, 4.69) is 65.2 Å². The maximum atomic E-state index is 12.7. The van der Waals surface area contributed by atoms with Crippen molar-refractivity contribution in [2.75, 3.05) is 18.0 Å². The van der Waals surface area contributed by atoms with Gasteiger partial charge in [-0.25, -0.2) is 9.97 Å². The molecule has 144 valence electrons. The molecule has 1 N–H and O–H groups in total. The van der Waals surface area contributed by atoms with Crippen molar-refractivity contribution < 1.29 is 4.79 Å². The normalized spacial score (nSPS) is 16.8. The van der Waals surface area contributed by atoms with E-state index in [1.165, 1.54) is 5.56 Å². The van der Waals surface area contributed by atoms with Gasteiger partial charge >= 0.3 is 0 Å². The van der Waals surface area contributed by atoms with Crippen LogP contribution < -0.4 is 10.2 Å². The van der Waals surface area contributed by atoms with Crippen molar-refractivity contribution in [2.24, 2.45) is 5.92 Å². The summed E-state index contributed by atoms with van der Waals surface area (Å²) in [6.45, 7) is 8.24. The summed E-state index contributed by atoms with van der Waals surface area (Å²) in [5.41, 5.74) is 1.34. The first-order chi connectivity index (χ1) is 13.0. The summed E-state index contributed by atoms with van der Waals surface area (Å²) in [4.78, 5) is 23.5. The molecule has 2 aromatic rings. The van der Waals surface area contributed by atoms with Gasteiger partial charge in [-0.1, -0.05) is 44.2 Å². The fourth-order valence-corrected chi connectivity index (χ4v) is 3.98. The molecule has 5 heteroatoms. The van der Waals surface area contributed by atoms with Gasteiger partial charge in [-0.2, -0.15) is 0 Å². The quantitative estimate of drug-likeness (QED) is 0.849. The van der Waals surface area contributed by atoms with E-state index < -0.39 is 0 Å². The Morgan fingerprint density at radius 1 is 1.15 bits per heavy atom. The average Bonchev–Trinajstić information content (AvgIpc) is 2.69. The lowest BCUT2D eigenvalue weighted by atomic mass is 9.79. The van der Waals surface area contributed by atoms with Gasteiger partial charge in [0.1, 0.15) is 0 Å². The van der Waals surface area contributed by atoms with Crippen molar-refractivity contribution in [3.63, 3.8) is 0 Å². The molecule has 2 heterocycles. The smallest absolute Gasteiger partial charge is 0.225 e. The fourth-order valence-electron chi connectivity index (χ4n) is 3.98. The van der Waals surface area contributed by atoms with E-state index in [0.29, 0.717) is 0 Å². The zero-order chi connectivity index (χ0) is 19.3. The van der Waals surface area contributed by atoms with Crippen molar-refractivity contribution in [1.82, 2.24) is 15.3 Å². The van der Waals surface area contributed by atoms with Gasteiger partial charge in [0, 0.05) is 37.4 Å². The number of nitrogens with zero attached hydrogens (tertiary/aromatic N) is 3. The van der Waals surface area contributed by atoms with E-state index in [1.54, 1.807) is 12.4 Å². The molecule has 3 rings (SSSR count). The van der Waals surface area contributed by atoms with Gasteiger partial charge in [-0.05, 0) is 43.2 Å². The number of anilines is 1. The van der Waals surface area contributed by atoms with Crippen LogP contribution in [0, 0.1) is 5.92 Å². The highest BCUT2D eigenvalue weighted by Gasteiger charge is 2.29. The Bertz CT molecular complexity index is 724. The molecule has 1 aliphatic rings. The number of amides is 1. The van der Waals surface area contributed by atoms with Gasteiger partial charge in [-0.15, -0.1) is 0 Å². The van der Waals surface area contributed by atoms with E-state index in [0.717, 1.165) is 38.3 Å². The van der Waals surface area contributed by atoms with E-state index in [4.69, 9.17) is 0 Å². The minimum absolute atomic E-state index is 0.0297. The average molecular weight is 367 g/mol. The number of hydrogen-bond acceptors (Lipinski definition) is 4. The molecule has 5 nitrogen and oxygen atoms in total. The molecule has 1 amide bonds. The van der Waals surface area contributed by atoms with Gasteiger partial charge in [-0.3, -0.25) is 4.79 Å². The van der Waals surface area contributed by atoms with Crippen molar-refractivity contribution in [2.45, 2.75) is 51.5 Å². The first kappa shape index (κ1) is 19.3. The molecule has 0 bridgehead atoms. The van der Waals surface area contributed by atoms with Crippen molar-refractivity contribution in [3.8, 4) is 0 Å². The van der Waals surface area contributed by atoms with Crippen molar-refractivity contribution >= 4 is 11.9 Å². The number of benzene rings is 1. The Labute approximate surface area is 162 Å². The van der Waals surface area contributed by atoms with Crippen LogP contribution in [0.3, 0.4) is 0 Å². The van der Waals surface area contributed by atoms with Crippen LogP contribution in [0.15, 0.2) is 48.8 Å². The number of nitrogens with one attached hydrogen (secondary N) is 1. The summed E-state index contributed by atoms with van der Waals surface area (Å²) in [6.07, 6.45) is 6.13. The maximum absolute atomic E-state index is 12.7. The number of rotatable bonds is 6. The Balaban J connectivity index is 1.49. The molecule has 0 saturated carbocycles. The van der Waals surface area contributed by atoms with E-state index >= 15 is 0 Å². The molecule has 1 aromatic carbocycles. The van der Waals surface area contributed by atoms with E-state index in [-0.39, 0.29) is 23.3 Å². The zero-order valence-corrected chi connectivity index (χ0v) is 16.6. The lowest BCUT2D eigenvalue weighted by Crippen LogP contribution is -2.44. The molecule has 1 unspecified atom stereocenters. The number of piperidine rings is 1. The van der Waals surface area contributed by atoms with Crippen LogP contribution in [0.5, 0.6) is 0 Å². The number of aromatic nitrogens is 2. The second-order valence-corrected chi connectivity index (χ2v) is 8.17. The van der Waals surface area contributed by atoms with Crippen LogP contribution >= 0.6 is 0 Å². The molecule has 1 aromatic heterocycles. The van der Waals surface area contributed by atoms with Crippen LogP contribution in [0.25, 0.3) is 0 Å². The highest BCUT2D eigenvalue weighted by molar-refractivity contribution is 5.79. The van der Waals surface area contributed by atoms with Crippen LogP contribution in [0.1, 0.15) is 45.6 Å². The number of carbonyl (C=O) groups excluding carboxylic acids is 1. The molecular weight excluding hydrogens is 336 g/mol. The summed E-state index contributed by atoms with van der Waals surface area (Å²) in [5.74, 6) is 1.02. The van der Waals surface area contributed by atoms with Gasteiger partial charge in [0.15, 0.2) is 0 Å². The number of hydrogen-bond donors (Lipinski definition) is 1. The minimum Gasteiger partial charge on any atom is -0.353 e. The Kier molecular flexibility index (Phi) is 6.09. The Morgan fingerprint density at radius 2 is 1.78 bits per heavy atom. The first-order valence-corrected chi connectivity index (χ1v) is 9.83. The second kappa shape index (κ2) is 8.51. The minimum atomic E-state index is 0.0297. The molecule has 1 saturated heterocycles. The monoisotopic (exact) mass is 366 g/mol. The van der Waals surface area contributed by atoms with Gasteiger partial charge in [0.05, 0.1) is 0 Å². The maximum Gasteiger partial charge on any atom is 0.225 e. The second-order valence-electron chi connectivity index (χ2n) is 8.17. The third-order valence-electron chi connectivity index (χ3n) is 5.46. The fraction of sp³-hybridized carbons (Fsp3) is 0.500. The number of carbonyl (C=O) groups is 1. The summed E-state index contributed by atoms with van der Waals surface area (Å²) < 4.78 is 0. The zero-order valence-electron chi connectivity index (χ0n) is 16.6. The SMILES string of the molecule is CC(CC(C)(C)c1ccccc1)NC(=O)C1CCN(c2ncccn2)CC1. The van der Waals surface area contributed by atoms with Crippen molar-refractivity contribution in [1.29, 1.82) is 0 Å². The molecule has 27 heavy (non-hydrogen) atoms. The highest BCUT2D eigenvalue weighted by atomic mass is 16.1. The van der Waals surface area contributed by atoms with Crippen LogP contribution in [0.2, 0.25) is 0 Å². The summed E-state index contributed by atoms with van der Waals surface area (Å²) in [5, 5.41) is 3.24. The van der Waals surface area contributed by atoms with E-state index in [1.807, 2.05) is 12.1 Å². The van der Waals surface area contributed by atoms with Crippen LogP contribution in [-0.4, -0.2) is 35.0 Å². The summed E-state index contributed by atoms with van der Waals surface area (Å²) >= 11 is 0. The Morgan fingerprint density at radius 3 is 2.41 bits per heavy atom. The van der Waals surface area contributed by atoms with Crippen LogP contribution in [-0.2, 0) is 10.2 Å². The molecule has 1 aliphatic heterocycles. The van der Waals surface area contributed by atoms with Gasteiger partial charge < -0.3 is 10.2 Å². The lowest BCUT2D eigenvalue weighted by Gasteiger charge is -2.33. The first-order valence-electron chi connectivity index (χ1n) is 9.83. The van der Waals surface area contributed by atoms with Gasteiger partial charge in [0.25, 0.3) is 0 Å². The highest BCUT2D eigenvalue weighted by Crippen LogP contribution is 2.28. The molecular formula is C22H30N4O. The molecule has 1 fully saturated rings. The third kappa shape index (κ3) is 5.06. The van der Waals surface area contributed by atoms with Crippen molar-refractivity contribution in [3.05, 3.63) is 54.4 Å². The summed E-state index contributed by atoms with van der Waals surface area (Å²) in [6, 6.07) is 12.5. The molecule has 1 atom stereocenters. The molecule has 0 aliphatic carbocycles. The summed E-state index contributed by atoms with van der Waals surface area (Å²) in [7, 11) is 0. The third-order valence-corrected chi connectivity index (χ3v) is 5.46. The molecule has 0 radical (unpaired) electrons. The topological polar surface area (TPSA) is 58.1 Å². The van der Waals surface area contributed by atoms with Crippen LogP contribution in [0.4, 0.5) is 5.95 Å².